The highest BCUT2D eigenvalue weighted by Gasteiger charge is 2.40. The van der Waals surface area contributed by atoms with E-state index in [2.05, 4.69) is 37.8 Å². The molecule has 2 saturated heterocycles. The van der Waals surface area contributed by atoms with Gasteiger partial charge < -0.3 is 20.9 Å². The Hall–Kier alpha value is -1.34. The average Bonchev–Trinajstić information content (AvgIpc) is 3.63. The fraction of sp³-hybridized carbons (Fsp3) is 0.917. The quantitative estimate of drug-likeness (QED) is 0.442. The van der Waals surface area contributed by atoms with E-state index in [-0.39, 0.29) is 17.4 Å². The van der Waals surface area contributed by atoms with Crippen LogP contribution in [0.1, 0.15) is 70.6 Å². The van der Waals surface area contributed by atoms with Crippen molar-refractivity contribution in [2.75, 3.05) is 46.8 Å². The average molecular weight is 433 g/mol. The van der Waals surface area contributed by atoms with Crippen LogP contribution in [0.25, 0.3) is 0 Å². The molecule has 0 bridgehead atoms. The van der Waals surface area contributed by atoms with Gasteiger partial charge in [0.15, 0.2) is 5.96 Å². The molecule has 0 aromatic carbocycles. The van der Waals surface area contributed by atoms with Crippen molar-refractivity contribution < 1.29 is 4.79 Å². The van der Waals surface area contributed by atoms with Crippen molar-refractivity contribution in [1.82, 2.24) is 25.8 Å². The van der Waals surface area contributed by atoms with Gasteiger partial charge in [0.05, 0.1) is 0 Å². The van der Waals surface area contributed by atoms with Gasteiger partial charge in [0.1, 0.15) is 0 Å². The predicted molar refractivity (Wildman–Crippen MR) is 126 cm³/mol. The van der Waals surface area contributed by atoms with E-state index in [1.807, 2.05) is 7.05 Å². The molecule has 2 aliphatic carbocycles. The summed E-state index contributed by atoms with van der Waals surface area (Å²) in [6, 6.07) is 0.786. The van der Waals surface area contributed by atoms with Crippen molar-refractivity contribution in [2.24, 2.45) is 10.9 Å². The molecule has 3 N–H and O–H groups in total. The van der Waals surface area contributed by atoms with Crippen LogP contribution in [-0.4, -0.2) is 86.1 Å². The Kier molecular flexibility index (Phi) is 7.75. The van der Waals surface area contributed by atoms with Gasteiger partial charge in [0.2, 0.25) is 5.91 Å². The summed E-state index contributed by atoms with van der Waals surface area (Å²) in [5, 5.41) is 10.6. The molecule has 0 aromatic rings. The van der Waals surface area contributed by atoms with Crippen molar-refractivity contribution in [3.8, 4) is 0 Å². The maximum absolute atomic E-state index is 12.5. The van der Waals surface area contributed by atoms with Crippen LogP contribution >= 0.6 is 0 Å². The third-order valence-electron chi connectivity index (χ3n) is 8.06. The topological polar surface area (TPSA) is 72.0 Å². The van der Waals surface area contributed by atoms with E-state index >= 15 is 0 Å². The zero-order valence-electron chi connectivity index (χ0n) is 19.8. The molecule has 4 aliphatic rings. The van der Waals surface area contributed by atoms with E-state index in [0.717, 1.165) is 51.0 Å². The Morgan fingerprint density at radius 2 is 1.68 bits per heavy atom. The van der Waals surface area contributed by atoms with E-state index < -0.39 is 0 Å². The standard InChI is InChI=1S/C24H44N6O/c1-25-23(28-21-8-6-7-19(17-21)22(31)27-20-9-10-20)26-18-24(11-15-29(2)16-12-24)30-13-4-3-5-14-30/h19-21H,3-18H2,1-2H3,(H,27,31)(H2,25,26,28). The zero-order valence-corrected chi connectivity index (χ0v) is 19.8. The normalized spacial score (nSPS) is 30.6. The van der Waals surface area contributed by atoms with Gasteiger partial charge in [-0.25, -0.2) is 0 Å². The number of rotatable bonds is 6. The first-order valence-corrected chi connectivity index (χ1v) is 12.8. The number of carbonyl (C=O) groups excluding carboxylic acids is 1. The van der Waals surface area contributed by atoms with Crippen molar-refractivity contribution in [3.63, 3.8) is 0 Å². The maximum Gasteiger partial charge on any atom is 0.223 e. The van der Waals surface area contributed by atoms with Crippen molar-refractivity contribution in [3.05, 3.63) is 0 Å². The SMILES string of the molecule is CN=C(NCC1(N2CCCCC2)CCN(C)CC1)NC1CCCC(C(=O)NC2CC2)C1. The third kappa shape index (κ3) is 6.13. The van der Waals surface area contributed by atoms with Gasteiger partial charge >= 0.3 is 0 Å². The van der Waals surface area contributed by atoms with Crippen LogP contribution < -0.4 is 16.0 Å². The maximum atomic E-state index is 12.5. The fourth-order valence-corrected chi connectivity index (χ4v) is 5.75. The summed E-state index contributed by atoms with van der Waals surface area (Å²) in [5.41, 5.74) is 0.240. The highest BCUT2D eigenvalue weighted by atomic mass is 16.2. The number of nitrogens with one attached hydrogen (secondary N) is 3. The van der Waals surface area contributed by atoms with E-state index in [4.69, 9.17) is 0 Å². The molecule has 31 heavy (non-hydrogen) atoms. The van der Waals surface area contributed by atoms with E-state index in [1.165, 1.54) is 58.3 Å². The molecule has 2 aliphatic heterocycles. The summed E-state index contributed by atoms with van der Waals surface area (Å²) in [4.78, 5) is 22.3. The molecule has 0 radical (unpaired) electrons. The molecular formula is C24H44N6O. The number of nitrogens with zero attached hydrogens (tertiary/aromatic N) is 3. The van der Waals surface area contributed by atoms with Crippen LogP contribution in [-0.2, 0) is 4.79 Å². The van der Waals surface area contributed by atoms with Crippen LogP contribution in [0.4, 0.5) is 0 Å². The molecular weight excluding hydrogens is 388 g/mol. The van der Waals surface area contributed by atoms with Crippen LogP contribution in [0, 0.1) is 5.92 Å². The minimum atomic E-state index is 0.151. The summed E-state index contributed by atoms with van der Waals surface area (Å²) in [7, 11) is 4.12. The molecule has 2 saturated carbocycles. The number of hydrogen-bond donors (Lipinski definition) is 3. The molecule has 7 heteroatoms. The predicted octanol–water partition coefficient (Wildman–Crippen LogP) is 1.94. The van der Waals surface area contributed by atoms with Gasteiger partial charge in [-0.1, -0.05) is 12.8 Å². The number of hydrogen-bond acceptors (Lipinski definition) is 4. The van der Waals surface area contributed by atoms with Crippen LogP contribution in [0.5, 0.6) is 0 Å². The Balaban J connectivity index is 1.31. The lowest BCUT2D eigenvalue weighted by molar-refractivity contribution is -0.126. The summed E-state index contributed by atoms with van der Waals surface area (Å²) in [5.74, 6) is 1.33. The highest BCUT2D eigenvalue weighted by Crippen LogP contribution is 2.31. The Bertz CT molecular complexity index is 620. The molecule has 1 amide bonds. The fourth-order valence-electron chi connectivity index (χ4n) is 5.75. The Morgan fingerprint density at radius 1 is 0.935 bits per heavy atom. The number of carbonyl (C=O) groups is 1. The lowest BCUT2D eigenvalue weighted by atomic mass is 9.84. The Morgan fingerprint density at radius 3 is 2.35 bits per heavy atom. The number of amides is 1. The van der Waals surface area contributed by atoms with Crippen LogP contribution in [0.3, 0.4) is 0 Å². The summed E-state index contributed by atoms with van der Waals surface area (Å²) in [6.45, 7) is 5.77. The second-order valence-electron chi connectivity index (χ2n) is 10.5. The minimum Gasteiger partial charge on any atom is -0.355 e. The molecule has 2 heterocycles. The first-order valence-electron chi connectivity index (χ1n) is 12.8. The number of aliphatic imine (C=N–C) groups is 1. The molecule has 176 valence electrons. The lowest BCUT2D eigenvalue weighted by Crippen LogP contribution is -2.62. The molecule has 0 aromatic heterocycles. The van der Waals surface area contributed by atoms with E-state index in [9.17, 15) is 4.79 Å². The van der Waals surface area contributed by atoms with Gasteiger partial charge in [-0.2, -0.15) is 0 Å². The molecule has 4 fully saturated rings. The highest BCUT2D eigenvalue weighted by molar-refractivity contribution is 5.81. The van der Waals surface area contributed by atoms with Gasteiger partial charge in [-0.3, -0.25) is 14.7 Å². The second kappa shape index (κ2) is 10.5. The van der Waals surface area contributed by atoms with Gasteiger partial charge in [0.25, 0.3) is 0 Å². The molecule has 0 spiro atoms. The molecule has 4 rings (SSSR count). The van der Waals surface area contributed by atoms with Crippen LogP contribution in [0.15, 0.2) is 4.99 Å². The first kappa shape index (κ1) is 22.8. The number of piperidine rings is 2. The molecule has 2 atom stereocenters. The monoisotopic (exact) mass is 432 g/mol. The van der Waals surface area contributed by atoms with E-state index in [1.54, 1.807) is 0 Å². The third-order valence-corrected chi connectivity index (χ3v) is 8.06. The molecule has 7 nitrogen and oxygen atoms in total. The minimum absolute atomic E-state index is 0.151. The summed E-state index contributed by atoms with van der Waals surface area (Å²) < 4.78 is 0. The zero-order chi connectivity index (χ0) is 21.7. The largest absolute Gasteiger partial charge is 0.355 e. The smallest absolute Gasteiger partial charge is 0.223 e. The second-order valence-corrected chi connectivity index (χ2v) is 10.5. The van der Waals surface area contributed by atoms with Crippen LogP contribution in [0.2, 0.25) is 0 Å². The summed E-state index contributed by atoms with van der Waals surface area (Å²) >= 11 is 0. The lowest BCUT2D eigenvalue weighted by Gasteiger charge is -2.50. The Labute approximate surface area is 188 Å². The molecule has 2 unspecified atom stereocenters. The van der Waals surface area contributed by atoms with Crippen molar-refractivity contribution >= 4 is 11.9 Å². The van der Waals surface area contributed by atoms with Gasteiger partial charge in [-0.05, 0) is 91.0 Å². The number of guanidine groups is 1. The first-order chi connectivity index (χ1) is 15.1. The van der Waals surface area contributed by atoms with Gasteiger partial charge in [0, 0.05) is 37.1 Å². The van der Waals surface area contributed by atoms with Gasteiger partial charge in [-0.15, -0.1) is 0 Å². The van der Waals surface area contributed by atoms with Crippen molar-refractivity contribution in [1.29, 1.82) is 0 Å². The van der Waals surface area contributed by atoms with E-state index in [0.29, 0.717) is 12.1 Å². The van der Waals surface area contributed by atoms with Crippen molar-refractivity contribution in [2.45, 2.75) is 88.3 Å². The summed E-state index contributed by atoms with van der Waals surface area (Å²) in [6.07, 6.45) is 13.0. The number of likely N-dealkylation sites (tertiary alicyclic amines) is 2.